The van der Waals surface area contributed by atoms with E-state index < -0.39 is 28.2 Å². The van der Waals surface area contributed by atoms with Crippen molar-refractivity contribution in [3.05, 3.63) is 87.4 Å². The highest BCUT2D eigenvalue weighted by atomic mass is 35.5. The lowest BCUT2D eigenvalue weighted by atomic mass is 10.1. The molecule has 0 unspecified atom stereocenters. The summed E-state index contributed by atoms with van der Waals surface area (Å²) in [6.45, 7) is 3.55. The van der Waals surface area contributed by atoms with Gasteiger partial charge in [-0.05, 0) is 55.8 Å². The zero-order chi connectivity index (χ0) is 23.6. The van der Waals surface area contributed by atoms with Crippen molar-refractivity contribution in [2.24, 2.45) is 0 Å². The Hall–Kier alpha value is -2.97. The third-order valence-electron chi connectivity index (χ3n) is 5.05. The number of rotatable bonds is 7. The Morgan fingerprint density at radius 1 is 1.03 bits per heavy atom. The van der Waals surface area contributed by atoms with Gasteiger partial charge in [0.1, 0.15) is 5.82 Å². The molecular formula is C23H21ClFNO5S. The van der Waals surface area contributed by atoms with Crippen LogP contribution in [0.2, 0.25) is 5.02 Å². The fourth-order valence-electron chi connectivity index (χ4n) is 3.28. The first-order valence-corrected chi connectivity index (χ1v) is 11.9. The van der Waals surface area contributed by atoms with Crippen molar-refractivity contribution in [2.75, 3.05) is 12.9 Å². The van der Waals surface area contributed by atoms with E-state index in [1.165, 1.54) is 24.3 Å². The number of carbonyl (C=O) groups excluding carboxylic acids is 2. The number of hydrogen-bond acceptors (Lipinski definition) is 5. The average Bonchev–Trinajstić information content (AvgIpc) is 3.01. The molecule has 0 fully saturated rings. The van der Waals surface area contributed by atoms with Gasteiger partial charge < -0.3 is 9.30 Å². The molecule has 1 heterocycles. The molecule has 0 saturated heterocycles. The van der Waals surface area contributed by atoms with E-state index in [2.05, 4.69) is 0 Å². The van der Waals surface area contributed by atoms with Gasteiger partial charge in [0.15, 0.2) is 16.4 Å². The molecule has 0 aliphatic carbocycles. The maximum atomic E-state index is 13.1. The fraction of sp³-hybridized carbons (Fsp3) is 0.217. The monoisotopic (exact) mass is 477 g/mol. The van der Waals surface area contributed by atoms with Gasteiger partial charge in [0.25, 0.3) is 0 Å². The van der Waals surface area contributed by atoms with Crippen LogP contribution in [0.15, 0.2) is 53.4 Å². The lowest BCUT2D eigenvalue weighted by Crippen LogP contribution is -2.16. The van der Waals surface area contributed by atoms with Gasteiger partial charge in [-0.1, -0.05) is 23.7 Å². The highest BCUT2D eigenvalue weighted by Gasteiger charge is 2.20. The second kappa shape index (κ2) is 9.26. The average molecular weight is 478 g/mol. The number of aryl methyl sites for hydroxylation is 1. The number of aromatic nitrogens is 1. The fourth-order valence-corrected chi connectivity index (χ4v) is 4.12. The van der Waals surface area contributed by atoms with E-state index in [9.17, 15) is 22.4 Å². The zero-order valence-electron chi connectivity index (χ0n) is 17.7. The third kappa shape index (κ3) is 5.26. The number of hydrogen-bond donors (Lipinski definition) is 0. The third-order valence-corrected chi connectivity index (χ3v) is 6.49. The number of ketones is 1. The Labute approximate surface area is 190 Å². The van der Waals surface area contributed by atoms with Crippen LogP contribution in [0.1, 0.15) is 37.7 Å². The number of esters is 1. The number of halogens is 2. The smallest absolute Gasteiger partial charge is 0.340 e. The highest BCUT2D eigenvalue weighted by molar-refractivity contribution is 7.90. The number of nitrogens with zero attached hydrogens (tertiary/aromatic N) is 1. The van der Waals surface area contributed by atoms with Crippen LogP contribution in [-0.4, -0.2) is 37.6 Å². The molecule has 2 aromatic carbocycles. The topological polar surface area (TPSA) is 82.4 Å². The van der Waals surface area contributed by atoms with Gasteiger partial charge in [0, 0.05) is 29.8 Å². The van der Waals surface area contributed by atoms with Crippen LogP contribution in [0.4, 0.5) is 4.39 Å². The summed E-state index contributed by atoms with van der Waals surface area (Å²) in [6, 6.07) is 11.5. The Morgan fingerprint density at radius 2 is 1.69 bits per heavy atom. The number of benzene rings is 2. The maximum Gasteiger partial charge on any atom is 0.340 e. The molecule has 168 valence electrons. The van der Waals surface area contributed by atoms with Crippen LogP contribution in [-0.2, 0) is 21.1 Å². The quantitative estimate of drug-likeness (QED) is 0.372. The van der Waals surface area contributed by atoms with Crippen LogP contribution >= 0.6 is 11.6 Å². The van der Waals surface area contributed by atoms with E-state index in [1.54, 1.807) is 25.1 Å². The molecule has 0 aliphatic heterocycles. The lowest BCUT2D eigenvalue weighted by Gasteiger charge is -2.10. The van der Waals surface area contributed by atoms with Gasteiger partial charge >= 0.3 is 5.97 Å². The number of Topliss-reactive ketones (excluding diaryl/α,β-unsaturated/α-hetero) is 1. The molecule has 0 amide bonds. The summed E-state index contributed by atoms with van der Waals surface area (Å²) in [5, 5.41) is 0.0207. The van der Waals surface area contributed by atoms with Crippen LogP contribution < -0.4 is 0 Å². The van der Waals surface area contributed by atoms with E-state index >= 15 is 0 Å². The molecule has 0 atom stereocenters. The Kier molecular flexibility index (Phi) is 6.85. The molecule has 3 aromatic rings. The first-order valence-electron chi connectivity index (χ1n) is 9.58. The van der Waals surface area contributed by atoms with Gasteiger partial charge in [0.2, 0.25) is 5.78 Å². The summed E-state index contributed by atoms with van der Waals surface area (Å²) in [5.41, 5.74) is 2.65. The van der Waals surface area contributed by atoms with E-state index in [-0.39, 0.29) is 21.3 Å². The SMILES string of the molecule is Cc1cc(C(=O)COC(=O)c2cc(S(C)(=O)=O)ccc2Cl)c(C)n1Cc1ccc(F)cc1. The first kappa shape index (κ1) is 23.7. The van der Waals surface area contributed by atoms with E-state index in [4.69, 9.17) is 16.3 Å². The molecule has 32 heavy (non-hydrogen) atoms. The summed E-state index contributed by atoms with van der Waals surface area (Å²) >= 11 is 6.00. The summed E-state index contributed by atoms with van der Waals surface area (Å²) in [4.78, 5) is 25.0. The Balaban J connectivity index is 1.74. The van der Waals surface area contributed by atoms with Gasteiger partial charge in [-0.15, -0.1) is 0 Å². The summed E-state index contributed by atoms with van der Waals surface area (Å²) < 4.78 is 43.6. The van der Waals surface area contributed by atoms with E-state index in [0.29, 0.717) is 17.8 Å². The van der Waals surface area contributed by atoms with Crippen molar-refractivity contribution in [2.45, 2.75) is 25.3 Å². The number of ether oxygens (including phenoxy) is 1. The first-order chi connectivity index (χ1) is 15.0. The molecule has 9 heteroatoms. The maximum absolute atomic E-state index is 13.1. The molecule has 0 radical (unpaired) electrons. The molecule has 0 aliphatic rings. The zero-order valence-corrected chi connectivity index (χ0v) is 19.3. The van der Waals surface area contributed by atoms with E-state index in [1.807, 2.05) is 11.5 Å². The predicted molar refractivity (Wildman–Crippen MR) is 119 cm³/mol. The van der Waals surface area contributed by atoms with Crippen molar-refractivity contribution in [1.29, 1.82) is 0 Å². The molecule has 0 N–H and O–H groups in total. The molecule has 0 bridgehead atoms. The standard InChI is InChI=1S/C23H21ClFNO5S/c1-14-10-19(15(2)26(14)12-16-4-6-17(25)7-5-16)22(27)13-31-23(28)20-11-18(32(3,29)30)8-9-21(20)24/h4-11H,12-13H2,1-3H3. The minimum absolute atomic E-state index is 0.0207. The van der Waals surface area contributed by atoms with Gasteiger partial charge in [-0.2, -0.15) is 0 Å². The molecule has 6 nitrogen and oxygen atoms in total. The van der Waals surface area contributed by atoms with Crippen LogP contribution in [0.3, 0.4) is 0 Å². The molecule has 3 rings (SSSR count). The van der Waals surface area contributed by atoms with Crippen molar-refractivity contribution < 1.29 is 27.1 Å². The summed E-state index contributed by atoms with van der Waals surface area (Å²) in [5.74, 6) is -1.63. The Morgan fingerprint density at radius 3 is 2.31 bits per heavy atom. The van der Waals surface area contributed by atoms with Crippen molar-refractivity contribution in [1.82, 2.24) is 4.57 Å². The Bertz CT molecular complexity index is 1300. The second-order valence-corrected chi connectivity index (χ2v) is 9.83. The summed E-state index contributed by atoms with van der Waals surface area (Å²) in [7, 11) is -3.54. The minimum atomic E-state index is -3.54. The van der Waals surface area contributed by atoms with Gasteiger partial charge in [0.05, 0.1) is 15.5 Å². The minimum Gasteiger partial charge on any atom is -0.454 e. The molecule has 1 aromatic heterocycles. The predicted octanol–water partition coefficient (Wildman–Crippen LogP) is 4.39. The molecule has 0 spiro atoms. The van der Waals surface area contributed by atoms with Gasteiger partial charge in [-0.3, -0.25) is 4.79 Å². The van der Waals surface area contributed by atoms with Crippen LogP contribution in [0, 0.1) is 19.7 Å². The van der Waals surface area contributed by atoms with Crippen LogP contribution in [0.25, 0.3) is 0 Å². The lowest BCUT2D eigenvalue weighted by molar-refractivity contribution is 0.0474. The molecule has 0 saturated carbocycles. The second-order valence-electron chi connectivity index (χ2n) is 7.41. The summed E-state index contributed by atoms with van der Waals surface area (Å²) in [6.07, 6.45) is 1.01. The van der Waals surface area contributed by atoms with E-state index in [0.717, 1.165) is 23.6 Å². The van der Waals surface area contributed by atoms with Crippen molar-refractivity contribution in [3.8, 4) is 0 Å². The largest absolute Gasteiger partial charge is 0.454 e. The van der Waals surface area contributed by atoms with Crippen LogP contribution in [0.5, 0.6) is 0 Å². The number of sulfone groups is 1. The highest BCUT2D eigenvalue weighted by Crippen LogP contribution is 2.22. The van der Waals surface area contributed by atoms with Crippen molar-refractivity contribution in [3.63, 3.8) is 0 Å². The normalized spacial score (nSPS) is 11.4. The molecular weight excluding hydrogens is 457 g/mol. The van der Waals surface area contributed by atoms with Gasteiger partial charge in [-0.25, -0.2) is 17.6 Å². The number of carbonyl (C=O) groups is 2. The van der Waals surface area contributed by atoms with Crippen molar-refractivity contribution >= 4 is 33.2 Å².